The Morgan fingerprint density at radius 3 is 2.88 bits per heavy atom. The second-order valence-corrected chi connectivity index (χ2v) is 6.19. The highest BCUT2D eigenvalue weighted by Crippen LogP contribution is 2.31. The Morgan fingerprint density at radius 1 is 1.47 bits per heavy atom. The van der Waals surface area contributed by atoms with Crippen LogP contribution >= 0.6 is 23.4 Å². The minimum absolute atomic E-state index is 0.407. The predicted molar refractivity (Wildman–Crippen MR) is 75.2 cm³/mol. The number of halogens is 1. The number of benzene rings is 1. The molecule has 0 bridgehead atoms. The number of hydrazine groups is 1. The van der Waals surface area contributed by atoms with Crippen molar-refractivity contribution in [1.82, 2.24) is 5.43 Å². The van der Waals surface area contributed by atoms with E-state index in [1.54, 1.807) is 0 Å². The number of thioether (sulfide) groups is 1. The fraction of sp³-hybridized carbons (Fsp3) is 0.538. The monoisotopic (exact) mass is 270 g/mol. The summed E-state index contributed by atoms with van der Waals surface area (Å²) in [6.07, 6.45) is 5.34. The Kier molecular flexibility index (Phi) is 5.16. The summed E-state index contributed by atoms with van der Waals surface area (Å²) in [5, 5.41) is 0.797. The molecule has 1 aliphatic carbocycles. The second kappa shape index (κ2) is 6.64. The molecule has 0 aliphatic heterocycles. The average molecular weight is 271 g/mol. The molecule has 1 saturated carbocycles. The molecule has 0 radical (unpaired) electrons. The van der Waals surface area contributed by atoms with Crippen molar-refractivity contribution in [3.8, 4) is 0 Å². The summed E-state index contributed by atoms with van der Waals surface area (Å²) < 4.78 is 0. The lowest BCUT2D eigenvalue weighted by molar-refractivity contribution is 0.268. The third-order valence-corrected chi connectivity index (χ3v) is 4.72. The van der Waals surface area contributed by atoms with Gasteiger partial charge in [0, 0.05) is 21.7 Å². The standard InChI is InChI=1S/C13H19ClN2S/c14-11-5-2-6-13(8-11)17-9-12(16-15)7-10-3-1-4-10/h2,5-6,8,10,12,16H,1,3-4,7,9,15H2. The molecule has 1 aromatic carbocycles. The smallest absolute Gasteiger partial charge is 0.0417 e. The van der Waals surface area contributed by atoms with Crippen LogP contribution in [-0.2, 0) is 0 Å². The highest BCUT2D eigenvalue weighted by molar-refractivity contribution is 7.99. The Morgan fingerprint density at radius 2 is 2.29 bits per heavy atom. The molecule has 4 heteroatoms. The van der Waals surface area contributed by atoms with E-state index in [9.17, 15) is 0 Å². The molecule has 1 fully saturated rings. The molecule has 1 atom stereocenters. The molecule has 1 unspecified atom stereocenters. The van der Waals surface area contributed by atoms with Gasteiger partial charge in [0.1, 0.15) is 0 Å². The first kappa shape index (κ1) is 13.2. The van der Waals surface area contributed by atoms with E-state index < -0.39 is 0 Å². The van der Waals surface area contributed by atoms with Crippen molar-refractivity contribution in [2.45, 2.75) is 36.6 Å². The van der Waals surface area contributed by atoms with Gasteiger partial charge in [-0.25, -0.2) is 0 Å². The summed E-state index contributed by atoms with van der Waals surface area (Å²) in [4.78, 5) is 1.21. The van der Waals surface area contributed by atoms with Gasteiger partial charge in [0.2, 0.25) is 0 Å². The quantitative estimate of drug-likeness (QED) is 0.472. The van der Waals surface area contributed by atoms with E-state index in [4.69, 9.17) is 17.4 Å². The van der Waals surface area contributed by atoms with Crippen LogP contribution in [-0.4, -0.2) is 11.8 Å². The Hall–Kier alpha value is -0.220. The van der Waals surface area contributed by atoms with Crippen LogP contribution in [0.4, 0.5) is 0 Å². The maximum Gasteiger partial charge on any atom is 0.0417 e. The minimum Gasteiger partial charge on any atom is -0.271 e. The van der Waals surface area contributed by atoms with Gasteiger partial charge in [-0.05, 0) is 30.5 Å². The normalized spacial score (nSPS) is 17.8. The Labute approximate surface area is 112 Å². The maximum atomic E-state index is 5.96. The highest BCUT2D eigenvalue weighted by Gasteiger charge is 2.21. The van der Waals surface area contributed by atoms with Gasteiger partial charge in [-0.1, -0.05) is 36.9 Å². The van der Waals surface area contributed by atoms with Gasteiger partial charge in [-0.3, -0.25) is 11.3 Å². The van der Waals surface area contributed by atoms with E-state index >= 15 is 0 Å². The van der Waals surface area contributed by atoms with Gasteiger partial charge in [-0.2, -0.15) is 0 Å². The van der Waals surface area contributed by atoms with Crippen LogP contribution in [0.2, 0.25) is 5.02 Å². The van der Waals surface area contributed by atoms with E-state index in [-0.39, 0.29) is 0 Å². The summed E-state index contributed by atoms with van der Waals surface area (Å²) in [6, 6.07) is 8.39. The van der Waals surface area contributed by atoms with Crippen molar-refractivity contribution in [2.75, 3.05) is 5.75 Å². The summed E-state index contributed by atoms with van der Waals surface area (Å²) in [5.41, 5.74) is 2.93. The molecule has 0 saturated heterocycles. The van der Waals surface area contributed by atoms with E-state index in [0.29, 0.717) is 6.04 Å². The van der Waals surface area contributed by atoms with E-state index in [0.717, 1.165) is 16.7 Å². The number of rotatable bonds is 6. The van der Waals surface area contributed by atoms with Crippen LogP contribution < -0.4 is 11.3 Å². The lowest BCUT2D eigenvalue weighted by Gasteiger charge is -2.29. The molecule has 0 heterocycles. The summed E-state index contributed by atoms with van der Waals surface area (Å²) in [5.74, 6) is 7.50. The first-order chi connectivity index (χ1) is 8.28. The second-order valence-electron chi connectivity index (χ2n) is 4.66. The van der Waals surface area contributed by atoms with Crippen molar-refractivity contribution in [3.05, 3.63) is 29.3 Å². The summed E-state index contributed by atoms with van der Waals surface area (Å²) in [7, 11) is 0. The third-order valence-electron chi connectivity index (χ3n) is 3.33. The van der Waals surface area contributed by atoms with Crippen LogP contribution in [0.1, 0.15) is 25.7 Å². The molecule has 2 rings (SSSR count). The molecule has 0 amide bonds. The number of nitrogens with two attached hydrogens (primary N) is 1. The molecule has 3 N–H and O–H groups in total. The van der Waals surface area contributed by atoms with Gasteiger partial charge >= 0.3 is 0 Å². The van der Waals surface area contributed by atoms with Crippen molar-refractivity contribution in [2.24, 2.45) is 11.8 Å². The maximum absolute atomic E-state index is 5.96. The fourth-order valence-corrected chi connectivity index (χ4v) is 3.33. The third kappa shape index (κ3) is 4.18. The molecule has 1 aliphatic rings. The minimum atomic E-state index is 0.407. The van der Waals surface area contributed by atoms with Crippen LogP contribution in [0.15, 0.2) is 29.2 Å². The molecule has 0 aromatic heterocycles. The van der Waals surface area contributed by atoms with Crippen molar-refractivity contribution in [1.29, 1.82) is 0 Å². The molecule has 17 heavy (non-hydrogen) atoms. The number of hydrogen-bond donors (Lipinski definition) is 2. The predicted octanol–water partition coefficient (Wildman–Crippen LogP) is 3.45. The van der Waals surface area contributed by atoms with Crippen molar-refractivity contribution >= 4 is 23.4 Å². The van der Waals surface area contributed by atoms with Gasteiger partial charge in [-0.15, -0.1) is 11.8 Å². The van der Waals surface area contributed by atoms with Gasteiger partial charge in [0.25, 0.3) is 0 Å². The lowest BCUT2D eigenvalue weighted by Crippen LogP contribution is -2.39. The number of nitrogens with one attached hydrogen (secondary N) is 1. The number of hydrogen-bond acceptors (Lipinski definition) is 3. The van der Waals surface area contributed by atoms with Crippen LogP contribution in [0.25, 0.3) is 0 Å². The Bertz CT molecular complexity index is 355. The summed E-state index contributed by atoms with van der Waals surface area (Å²) in [6.45, 7) is 0. The SMILES string of the molecule is NNC(CSc1cccc(Cl)c1)CC1CCC1. The van der Waals surface area contributed by atoms with E-state index in [1.807, 2.05) is 30.0 Å². The van der Waals surface area contributed by atoms with Crippen LogP contribution in [0.3, 0.4) is 0 Å². The molecular weight excluding hydrogens is 252 g/mol. The zero-order chi connectivity index (χ0) is 12.1. The average Bonchev–Trinajstić information content (AvgIpc) is 2.27. The van der Waals surface area contributed by atoms with Gasteiger partial charge < -0.3 is 0 Å². The zero-order valence-electron chi connectivity index (χ0n) is 9.86. The Balaban J connectivity index is 1.78. The molecule has 2 nitrogen and oxygen atoms in total. The molecule has 1 aromatic rings. The van der Waals surface area contributed by atoms with Crippen LogP contribution in [0, 0.1) is 5.92 Å². The first-order valence-corrected chi connectivity index (χ1v) is 7.49. The largest absolute Gasteiger partial charge is 0.271 e. The van der Waals surface area contributed by atoms with Crippen LogP contribution in [0.5, 0.6) is 0 Å². The topological polar surface area (TPSA) is 38.0 Å². The molecular formula is C13H19ClN2S. The van der Waals surface area contributed by atoms with E-state index in [2.05, 4.69) is 11.5 Å². The van der Waals surface area contributed by atoms with E-state index in [1.165, 1.54) is 30.6 Å². The van der Waals surface area contributed by atoms with Gasteiger partial charge in [0.15, 0.2) is 0 Å². The fourth-order valence-electron chi connectivity index (χ4n) is 2.07. The first-order valence-electron chi connectivity index (χ1n) is 6.12. The van der Waals surface area contributed by atoms with Gasteiger partial charge in [0.05, 0.1) is 0 Å². The zero-order valence-corrected chi connectivity index (χ0v) is 11.4. The lowest BCUT2D eigenvalue weighted by atomic mass is 9.81. The van der Waals surface area contributed by atoms with Crippen molar-refractivity contribution in [3.63, 3.8) is 0 Å². The summed E-state index contributed by atoms with van der Waals surface area (Å²) >= 11 is 7.77. The molecule has 0 spiro atoms. The highest BCUT2D eigenvalue weighted by atomic mass is 35.5. The van der Waals surface area contributed by atoms with Crippen molar-refractivity contribution < 1.29 is 0 Å². The molecule has 94 valence electrons.